The summed E-state index contributed by atoms with van der Waals surface area (Å²) < 4.78 is 0. The van der Waals surface area contributed by atoms with E-state index < -0.39 is 0 Å². The van der Waals surface area contributed by atoms with Crippen molar-refractivity contribution < 1.29 is 4.79 Å². The SMILES string of the molecule is CCC(CNC(=O)Nc1nnc(C(C)C)s1)N1CCCC1. The third-order valence-corrected chi connectivity index (χ3v) is 4.92. The maximum atomic E-state index is 11.9. The molecule has 6 nitrogen and oxygen atoms in total. The summed E-state index contributed by atoms with van der Waals surface area (Å²) in [6, 6.07) is 0.234. The molecule has 1 atom stereocenters. The van der Waals surface area contributed by atoms with Gasteiger partial charge in [0, 0.05) is 18.5 Å². The van der Waals surface area contributed by atoms with Gasteiger partial charge in [0.25, 0.3) is 0 Å². The molecule has 21 heavy (non-hydrogen) atoms. The van der Waals surface area contributed by atoms with Crippen LogP contribution in [-0.2, 0) is 0 Å². The molecular weight excluding hydrogens is 286 g/mol. The summed E-state index contributed by atoms with van der Waals surface area (Å²) in [5.41, 5.74) is 0. The van der Waals surface area contributed by atoms with Crippen LogP contribution >= 0.6 is 11.3 Å². The Bertz CT molecular complexity index is 456. The van der Waals surface area contributed by atoms with E-state index in [1.807, 2.05) is 0 Å². The molecule has 1 aromatic heterocycles. The smallest absolute Gasteiger partial charge is 0.321 e. The highest BCUT2D eigenvalue weighted by Gasteiger charge is 2.21. The lowest BCUT2D eigenvalue weighted by Crippen LogP contribution is -2.43. The number of hydrogen-bond acceptors (Lipinski definition) is 5. The summed E-state index contributed by atoms with van der Waals surface area (Å²) >= 11 is 1.43. The quantitative estimate of drug-likeness (QED) is 0.847. The number of carbonyl (C=O) groups excluding carboxylic acids is 1. The first-order valence-corrected chi connectivity index (χ1v) is 8.54. The first-order valence-electron chi connectivity index (χ1n) is 7.72. The molecule has 2 amide bonds. The van der Waals surface area contributed by atoms with Crippen molar-refractivity contribution in [2.75, 3.05) is 25.0 Å². The highest BCUT2D eigenvalue weighted by Crippen LogP contribution is 2.22. The molecule has 0 aliphatic carbocycles. The van der Waals surface area contributed by atoms with E-state index in [4.69, 9.17) is 0 Å². The third kappa shape index (κ3) is 4.64. The fraction of sp³-hybridized carbons (Fsp3) is 0.786. The van der Waals surface area contributed by atoms with E-state index in [-0.39, 0.29) is 6.03 Å². The Morgan fingerprint density at radius 3 is 2.62 bits per heavy atom. The molecule has 118 valence electrons. The molecule has 2 N–H and O–H groups in total. The molecule has 2 heterocycles. The zero-order chi connectivity index (χ0) is 15.2. The number of rotatable bonds is 6. The number of nitrogens with one attached hydrogen (secondary N) is 2. The Morgan fingerprint density at radius 2 is 2.05 bits per heavy atom. The fourth-order valence-electron chi connectivity index (χ4n) is 2.51. The van der Waals surface area contributed by atoms with Gasteiger partial charge in [0.05, 0.1) is 0 Å². The van der Waals surface area contributed by atoms with E-state index in [1.165, 1.54) is 24.2 Å². The van der Waals surface area contributed by atoms with Crippen molar-refractivity contribution in [2.45, 2.75) is 52.0 Å². The van der Waals surface area contributed by atoms with E-state index in [9.17, 15) is 4.79 Å². The Balaban J connectivity index is 1.77. The van der Waals surface area contributed by atoms with Gasteiger partial charge in [0.2, 0.25) is 5.13 Å². The lowest BCUT2D eigenvalue weighted by Gasteiger charge is -2.26. The number of nitrogens with zero attached hydrogens (tertiary/aromatic N) is 3. The molecular formula is C14H25N5OS. The van der Waals surface area contributed by atoms with Gasteiger partial charge in [-0.05, 0) is 32.4 Å². The van der Waals surface area contributed by atoms with Crippen LogP contribution in [0.2, 0.25) is 0 Å². The predicted molar refractivity (Wildman–Crippen MR) is 85.9 cm³/mol. The summed E-state index contributed by atoms with van der Waals surface area (Å²) in [4.78, 5) is 14.4. The van der Waals surface area contributed by atoms with Crippen molar-refractivity contribution >= 4 is 22.5 Å². The molecule has 0 saturated carbocycles. The topological polar surface area (TPSA) is 70.1 Å². The average molecular weight is 311 g/mol. The fourth-order valence-corrected chi connectivity index (χ4v) is 3.25. The number of carbonyl (C=O) groups is 1. The van der Waals surface area contributed by atoms with E-state index in [0.717, 1.165) is 24.5 Å². The highest BCUT2D eigenvalue weighted by atomic mass is 32.1. The van der Waals surface area contributed by atoms with Crippen molar-refractivity contribution in [1.82, 2.24) is 20.4 Å². The molecule has 1 aliphatic heterocycles. The van der Waals surface area contributed by atoms with Crippen molar-refractivity contribution in [1.29, 1.82) is 0 Å². The van der Waals surface area contributed by atoms with Gasteiger partial charge in [0.1, 0.15) is 5.01 Å². The minimum atomic E-state index is -0.195. The first kappa shape index (κ1) is 16.2. The number of urea groups is 1. The molecule has 1 aliphatic rings. The van der Waals surface area contributed by atoms with Gasteiger partial charge < -0.3 is 5.32 Å². The van der Waals surface area contributed by atoms with Crippen LogP contribution in [0.15, 0.2) is 0 Å². The van der Waals surface area contributed by atoms with Crippen LogP contribution in [0.3, 0.4) is 0 Å². The van der Waals surface area contributed by atoms with Gasteiger partial charge in [-0.15, -0.1) is 10.2 Å². The van der Waals surface area contributed by atoms with Gasteiger partial charge in [-0.3, -0.25) is 10.2 Å². The lowest BCUT2D eigenvalue weighted by atomic mass is 10.2. The van der Waals surface area contributed by atoms with Crippen molar-refractivity contribution in [3.8, 4) is 0 Å². The van der Waals surface area contributed by atoms with Crippen LogP contribution in [0, 0.1) is 0 Å². The van der Waals surface area contributed by atoms with E-state index in [2.05, 4.69) is 46.5 Å². The monoisotopic (exact) mass is 311 g/mol. The van der Waals surface area contributed by atoms with Crippen LogP contribution in [0.4, 0.5) is 9.93 Å². The molecule has 2 rings (SSSR count). The molecule has 0 bridgehead atoms. The van der Waals surface area contributed by atoms with Gasteiger partial charge in [-0.1, -0.05) is 32.1 Å². The average Bonchev–Trinajstić information content (AvgIpc) is 3.10. The van der Waals surface area contributed by atoms with Crippen molar-refractivity contribution in [2.24, 2.45) is 0 Å². The maximum Gasteiger partial charge on any atom is 0.321 e. The number of likely N-dealkylation sites (tertiary alicyclic amines) is 1. The second-order valence-electron chi connectivity index (χ2n) is 5.74. The van der Waals surface area contributed by atoms with E-state index in [0.29, 0.717) is 23.6 Å². The number of aromatic nitrogens is 2. The molecule has 0 radical (unpaired) electrons. The second kappa shape index (κ2) is 7.70. The van der Waals surface area contributed by atoms with Gasteiger partial charge in [0.15, 0.2) is 0 Å². The second-order valence-corrected chi connectivity index (χ2v) is 6.75. The van der Waals surface area contributed by atoms with Crippen LogP contribution in [0.5, 0.6) is 0 Å². The molecule has 1 fully saturated rings. The van der Waals surface area contributed by atoms with Crippen LogP contribution in [0.1, 0.15) is 51.0 Å². The summed E-state index contributed by atoms with van der Waals surface area (Å²) in [5, 5.41) is 15.3. The number of amides is 2. The summed E-state index contributed by atoms with van der Waals surface area (Å²) in [7, 11) is 0. The highest BCUT2D eigenvalue weighted by molar-refractivity contribution is 7.15. The first-order chi connectivity index (χ1) is 10.1. The lowest BCUT2D eigenvalue weighted by molar-refractivity contribution is 0.222. The normalized spacial score (nSPS) is 17.1. The third-order valence-electron chi connectivity index (χ3n) is 3.78. The minimum Gasteiger partial charge on any atom is -0.336 e. The molecule has 1 saturated heterocycles. The molecule has 1 aromatic rings. The zero-order valence-electron chi connectivity index (χ0n) is 13.1. The Hall–Kier alpha value is -1.21. The standard InChI is InChI=1S/C14H25N5OS/c1-4-11(19-7-5-6-8-19)9-15-13(20)16-14-18-17-12(21-14)10(2)3/h10-11H,4-9H2,1-3H3,(H2,15,16,18,20). The van der Waals surface area contributed by atoms with Crippen molar-refractivity contribution in [3.05, 3.63) is 5.01 Å². The molecule has 7 heteroatoms. The Morgan fingerprint density at radius 1 is 1.33 bits per heavy atom. The zero-order valence-corrected chi connectivity index (χ0v) is 13.9. The summed E-state index contributed by atoms with van der Waals surface area (Å²) in [5.74, 6) is 0.334. The van der Waals surface area contributed by atoms with Crippen LogP contribution in [0.25, 0.3) is 0 Å². The Kier molecular flexibility index (Phi) is 5.93. The molecule has 0 spiro atoms. The summed E-state index contributed by atoms with van der Waals surface area (Å²) in [6.45, 7) is 9.27. The minimum absolute atomic E-state index is 0.195. The molecule has 1 unspecified atom stereocenters. The Labute approximate surface area is 130 Å². The van der Waals surface area contributed by atoms with Gasteiger partial charge in [-0.25, -0.2) is 4.79 Å². The van der Waals surface area contributed by atoms with Crippen molar-refractivity contribution in [3.63, 3.8) is 0 Å². The van der Waals surface area contributed by atoms with Crippen LogP contribution < -0.4 is 10.6 Å². The van der Waals surface area contributed by atoms with Gasteiger partial charge in [-0.2, -0.15) is 0 Å². The van der Waals surface area contributed by atoms with Gasteiger partial charge >= 0.3 is 6.03 Å². The largest absolute Gasteiger partial charge is 0.336 e. The maximum absolute atomic E-state index is 11.9. The predicted octanol–water partition coefficient (Wildman–Crippen LogP) is 2.66. The van der Waals surface area contributed by atoms with Crippen LogP contribution in [-0.4, -0.2) is 46.8 Å². The molecule has 0 aromatic carbocycles. The van der Waals surface area contributed by atoms with E-state index in [1.54, 1.807) is 0 Å². The number of hydrogen-bond donors (Lipinski definition) is 2. The summed E-state index contributed by atoms with van der Waals surface area (Å²) in [6.07, 6.45) is 3.59. The van der Waals surface area contributed by atoms with E-state index >= 15 is 0 Å². The number of anilines is 1.